The highest BCUT2D eigenvalue weighted by Gasteiger charge is 2.57. The Morgan fingerprint density at radius 3 is 2.44 bits per heavy atom. The lowest BCUT2D eigenvalue weighted by Gasteiger charge is -2.31. The summed E-state index contributed by atoms with van der Waals surface area (Å²) in [5.41, 5.74) is -0.818. The molecular formula is C26H22ClF4N3O5. The van der Waals surface area contributed by atoms with E-state index in [-0.39, 0.29) is 45.5 Å². The van der Waals surface area contributed by atoms with Crippen molar-refractivity contribution in [3.05, 3.63) is 76.2 Å². The first-order chi connectivity index (χ1) is 18.2. The van der Waals surface area contributed by atoms with Crippen molar-refractivity contribution < 1.29 is 41.7 Å². The molecular weight excluding hydrogens is 546 g/mol. The summed E-state index contributed by atoms with van der Waals surface area (Å²) in [7, 11) is 1.35. The zero-order valence-corrected chi connectivity index (χ0v) is 21.3. The first-order valence-electron chi connectivity index (χ1n) is 11.4. The third-order valence-electron chi connectivity index (χ3n) is 6.55. The van der Waals surface area contributed by atoms with Crippen LogP contribution in [-0.4, -0.2) is 48.3 Å². The largest absolute Gasteiger partial charge is 0.495 e. The van der Waals surface area contributed by atoms with Gasteiger partial charge in [0.1, 0.15) is 35.0 Å². The van der Waals surface area contributed by atoms with Gasteiger partial charge in [-0.3, -0.25) is 9.59 Å². The van der Waals surface area contributed by atoms with Crippen LogP contribution in [0.4, 0.5) is 17.6 Å². The van der Waals surface area contributed by atoms with E-state index in [1.807, 2.05) is 0 Å². The Morgan fingerprint density at radius 2 is 1.87 bits per heavy atom. The summed E-state index contributed by atoms with van der Waals surface area (Å²) < 4.78 is 67.5. The van der Waals surface area contributed by atoms with Crippen molar-refractivity contribution in [3.63, 3.8) is 0 Å². The quantitative estimate of drug-likeness (QED) is 0.373. The molecule has 0 saturated carbocycles. The number of rotatable bonds is 7. The number of pyridine rings is 1. The Labute approximate surface area is 224 Å². The van der Waals surface area contributed by atoms with Gasteiger partial charge < -0.3 is 25.6 Å². The number of amides is 2. The van der Waals surface area contributed by atoms with Crippen LogP contribution in [0.3, 0.4) is 0 Å². The molecule has 13 heteroatoms. The minimum Gasteiger partial charge on any atom is -0.495 e. The number of nitrogens with two attached hydrogens (primary N) is 1. The lowest BCUT2D eigenvalue weighted by atomic mass is 9.81. The molecule has 2 amide bonds. The summed E-state index contributed by atoms with van der Waals surface area (Å²) >= 11 is 6.01. The first kappa shape index (κ1) is 28.1. The molecule has 4 N–H and O–H groups in total. The lowest BCUT2D eigenvalue weighted by Crippen LogP contribution is -2.51. The third-order valence-corrected chi connectivity index (χ3v) is 6.84. The fraction of sp³-hybridized carbons (Fsp3) is 0.269. The normalized spacial score (nSPS) is 18.1. The maximum absolute atomic E-state index is 14.4. The SMILES string of the molecule is COc1ccc(C(=O)NC[C@](O)(c2cc3c(c(-c4ccc(F)cc4)n2)OC[C@]3(C)C(N)=O)C(F)(F)F)cc1Cl. The molecule has 1 aliphatic rings. The fourth-order valence-electron chi connectivity index (χ4n) is 4.06. The highest BCUT2D eigenvalue weighted by Crippen LogP contribution is 2.47. The molecule has 1 aliphatic heterocycles. The van der Waals surface area contributed by atoms with Crippen molar-refractivity contribution in [2.45, 2.75) is 24.1 Å². The Balaban J connectivity index is 1.81. The predicted octanol–water partition coefficient (Wildman–Crippen LogP) is 3.87. The highest BCUT2D eigenvalue weighted by molar-refractivity contribution is 6.32. The molecule has 0 spiro atoms. The monoisotopic (exact) mass is 567 g/mol. The molecule has 2 aromatic carbocycles. The van der Waals surface area contributed by atoms with E-state index in [1.54, 1.807) is 0 Å². The average molecular weight is 568 g/mol. The van der Waals surface area contributed by atoms with Crippen LogP contribution in [0.2, 0.25) is 5.02 Å². The lowest BCUT2D eigenvalue weighted by molar-refractivity contribution is -0.265. The van der Waals surface area contributed by atoms with E-state index in [1.165, 1.54) is 44.4 Å². The Kier molecular flexibility index (Phi) is 7.21. The minimum absolute atomic E-state index is 0.0342. The summed E-state index contributed by atoms with van der Waals surface area (Å²) in [6.07, 6.45) is -5.35. The van der Waals surface area contributed by atoms with Gasteiger partial charge in [0.2, 0.25) is 11.5 Å². The maximum atomic E-state index is 14.4. The van der Waals surface area contributed by atoms with Crippen molar-refractivity contribution >= 4 is 23.4 Å². The highest BCUT2D eigenvalue weighted by atomic mass is 35.5. The number of hydrogen-bond donors (Lipinski definition) is 3. The topological polar surface area (TPSA) is 124 Å². The molecule has 39 heavy (non-hydrogen) atoms. The molecule has 3 aromatic rings. The zero-order valence-electron chi connectivity index (χ0n) is 20.5. The van der Waals surface area contributed by atoms with Crippen LogP contribution in [0, 0.1) is 5.82 Å². The molecule has 1 aromatic heterocycles. The predicted molar refractivity (Wildman–Crippen MR) is 132 cm³/mol. The fourth-order valence-corrected chi connectivity index (χ4v) is 4.31. The number of halogens is 5. The molecule has 4 rings (SSSR count). The molecule has 0 bridgehead atoms. The molecule has 2 heterocycles. The number of carbonyl (C=O) groups excluding carboxylic acids is 2. The van der Waals surface area contributed by atoms with E-state index >= 15 is 0 Å². The van der Waals surface area contributed by atoms with Crippen LogP contribution in [0.25, 0.3) is 11.3 Å². The van der Waals surface area contributed by atoms with Crippen LogP contribution in [0.15, 0.2) is 48.5 Å². The van der Waals surface area contributed by atoms with E-state index in [4.69, 9.17) is 26.8 Å². The number of methoxy groups -OCH3 is 1. The van der Waals surface area contributed by atoms with Crippen molar-refractivity contribution in [2.75, 3.05) is 20.3 Å². The van der Waals surface area contributed by atoms with Gasteiger partial charge >= 0.3 is 6.18 Å². The van der Waals surface area contributed by atoms with Gasteiger partial charge in [-0.1, -0.05) is 11.6 Å². The Hall–Kier alpha value is -3.90. The van der Waals surface area contributed by atoms with Crippen molar-refractivity contribution in [2.24, 2.45) is 5.73 Å². The summed E-state index contributed by atoms with van der Waals surface area (Å²) in [5.74, 6) is -2.25. The second-order valence-corrected chi connectivity index (χ2v) is 9.52. The number of alkyl halides is 3. The molecule has 0 radical (unpaired) electrons. The van der Waals surface area contributed by atoms with Gasteiger partial charge in [0.25, 0.3) is 5.91 Å². The molecule has 206 valence electrons. The van der Waals surface area contributed by atoms with Gasteiger partial charge in [-0.15, -0.1) is 0 Å². The van der Waals surface area contributed by atoms with Crippen LogP contribution >= 0.6 is 11.6 Å². The number of hydrogen-bond acceptors (Lipinski definition) is 6. The van der Waals surface area contributed by atoms with Crippen LogP contribution in [-0.2, 0) is 15.8 Å². The number of primary amides is 1. The summed E-state index contributed by atoms with van der Waals surface area (Å²) in [6, 6.07) is 9.35. The van der Waals surface area contributed by atoms with Gasteiger partial charge in [-0.2, -0.15) is 13.2 Å². The number of carbonyl (C=O) groups is 2. The van der Waals surface area contributed by atoms with Crippen LogP contribution < -0.4 is 20.5 Å². The Morgan fingerprint density at radius 1 is 1.21 bits per heavy atom. The summed E-state index contributed by atoms with van der Waals surface area (Å²) in [5, 5.41) is 13.2. The molecule has 0 saturated heterocycles. The van der Waals surface area contributed by atoms with E-state index in [0.717, 1.165) is 18.2 Å². The van der Waals surface area contributed by atoms with E-state index < -0.39 is 47.1 Å². The van der Waals surface area contributed by atoms with Gasteiger partial charge in [-0.25, -0.2) is 9.37 Å². The van der Waals surface area contributed by atoms with Crippen molar-refractivity contribution in [3.8, 4) is 22.8 Å². The van der Waals surface area contributed by atoms with Gasteiger partial charge in [0.05, 0.1) is 24.4 Å². The maximum Gasteiger partial charge on any atom is 0.424 e. The Bertz CT molecular complexity index is 1450. The minimum atomic E-state index is -5.35. The van der Waals surface area contributed by atoms with Crippen LogP contribution in [0.1, 0.15) is 28.5 Å². The average Bonchev–Trinajstić information content (AvgIpc) is 3.24. The summed E-state index contributed by atoms with van der Waals surface area (Å²) in [4.78, 5) is 29.0. The second-order valence-electron chi connectivity index (χ2n) is 9.11. The van der Waals surface area contributed by atoms with Crippen molar-refractivity contribution in [1.29, 1.82) is 0 Å². The number of nitrogens with one attached hydrogen (secondary N) is 1. The second kappa shape index (κ2) is 10.0. The number of nitrogens with zero attached hydrogens (tertiary/aromatic N) is 1. The molecule has 0 unspecified atom stereocenters. The van der Waals surface area contributed by atoms with E-state index in [2.05, 4.69) is 10.3 Å². The van der Waals surface area contributed by atoms with E-state index in [9.17, 15) is 32.3 Å². The third kappa shape index (κ3) is 4.97. The molecule has 2 atom stereocenters. The van der Waals surface area contributed by atoms with E-state index in [0.29, 0.717) is 0 Å². The number of aliphatic hydroxyl groups is 1. The van der Waals surface area contributed by atoms with Gasteiger partial charge in [0, 0.05) is 16.7 Å². The number of aromatic nitrogens is 1. The molecule has 0 aliphatic carbocycles. The number of benzene rings is 2. The summed E-state index contributed by atoms with van der Waals surface area (Å²) in [6.45, 7) is -0.264. The van der Waals surface area contributed by atoms with Gasteiger partial charge in [0.15, 0.2) is 0 Å². The number of fused-ring (bicyclic) bond motifs is 1. The van der Waals surface area contributed by atoms with Crippen molar-refractivity contribution in [1.82, 2.24) is 10.3 Å². The van der Waals surface area contributed by atoms with Crippen LogP contribution in [0.5, 0.6) is 11.5 Å². The smallest absolute Gasteiger partial charge is 0.424 e. The molecule has 8 nitrogen and oxygen atoms in total. The zero-order chi connectivity index (χ0) is 28.8. The number of ether oxygens (including phenoxy) is 2. The standard InChI is InChI=1S/C26H22ClF4N3O5/c1-24(23(32)36)12-39-21-16(24)10-19(34-20(21)13-3-6-15(28)7-4-13)25(37,26(29,30)31)11-33-22(35)14-5-8-18(38-2)17(27)9-14/h3-10,37H,11-12H2,1-2H3,(H2,32,36)(H,33,35)/t24-,25-/m0/s1. The van der Waals surface area contributed by atoms with Gasteiger partial charge in [-0.05, 0) is 55.5 Å². The molecule has 0 fully saturated rings. The first-order valence-corrected chi connectivity index (χ1v) is 11.7.